The summed E-state index contributed by atoms with van der Waals surface area (Å²) in [5.41, 5.74) is -27.5. The first-order valence-electron chi connectivity index (χ1n) is 10.8. The van der Waals surface area contributed by atoms with E-state index < -0.39 is 105 Å². The van der Waals surface area contributed by atoms with Gasteiger partial charge in [0.05, 0.1) is 0 Å². The highest BCUT2D eigenvalue weighted by Crippen LogP contribution is 2.49. The van der Waals surface area contributed by atoms with Crippen molar-refractivity contribution in [2.24, 2.45) is 0 Å². The molecule has 0 radical (unpaired) electrons. The Hall–Kier alpha value is -0.332. The summed E-state index contributed by atoms with van der Waals surface area (Å²) in [6.45, 7) is 2.66. The number of alkyl halides is 12. The summed E-state index contributed by atoms with van der Waals surface area (Å²) in [6, 6.07) is -2.35. The molecule has 0 unspecified atom stereocenters. The summed E-state index contributed by atoms with van der Waals surface area (Å²) in [5.74, 6) is 0. The molecule has 0 aromatic carbocycles. The summed E-state index contributed by atoms with van der Waals surface area (Å²) in [4.78, 5) is 0. The zero-order valence-corrected chi connectivity index (χ0v) is 29.7. The molecular weight excluding hydrogens is 805 g/mol. The van der Waals surface area contributed by atoms with Gasteiger partial charge in [-0.05, 0) is 0 Å². The van der Waals surface area contributed by atoms with E-state index in [0.29, 0.717) is 40.0 Å². The molecule has 0 spiro atoms. The molecule has 12 nitrogen and oxygen atoms in total. The van der Waals surface area contributed by atoms with Crippen molar-refractivity contribution in [3.63, 3.8) is 0 Å². The molecule has 0 atom stereocenters. The van der Waals surface area contributed by atoms with Gasteiger partial charge in [-0.15, -0.1) is 0 Å². The normalized spacial score (nSPS) is 16.3. The first kappa shape index (κ1) is 43.7. The quantitative estimate of drug-likeness (QED) is 0.149. The zero-order chi connectivity index (χ0) is 36.2. The smallest absolute Gasteiger partial charge is 0.277 e. The number of hydrogen-bond acceptors (Lipinski definition) is 12. The van der Waals surface area contributed by atoms with Gasteiger partial charge in [-0.2, -0.15) is 86.4 Å². The van der Waals surface area contributed by atoms with Crippen LogP contribution in [0.1, 0.15) is 13.8 Å². The molecule has 0 aliphatic heterocycles. The van der Waals surface area contributed by atoms with Crippen LogP contribution >= 0.6 is 0 Å². The van der Waals surface area contributed by atoms with Crippen LogP contribution in [0.25, 0.3) is 0 Å². The van der Waals surface area contributed by atoms with E-state index in [1.165, 1.54) is 0 Å². The summed E-state index contributed by atoms with van der Waals surface area (Å²) in [7, 11) is -57.3. The summed E-state index contributed by atoms with van der Waals surface area (Å²) in [6.07, 6.45) is 0. The van der Waals surface area contributed by atoms with E-state index in [-0.39, 0.29) is 0 Å². The fraction of sp³-hybridized carbons (Fsp3) is 1.00. The van der Waals surface area contributed by atoms with E-state index in [1.807, 2.05) is 0 Å². The van der Waals surface area contributed by atoms with E-state index in [9.17, 15) is 86.4 Å². The zero-order valence-electron chi connectivity index (χ0n) is 22.5. The fourth-order valence-corrected chi connectivity index (χ4v) is 88.2. The van der Waals surface area contributed by atoms with Crippen LogP contribution in [0.5, 0.6) is 0 Å². The lowest BCUT2D eigenvalue weighted by Crippen LogP contribution is -2.90. The van der Waals surface area contributed by atoms with Crippen molar-refractivity contribution in [3.05, 3.63) is 0 Å². The molecule has 266 valence electrons. The van der Waals surface area contributed by atoms with Crippen LogP contribution in [0, 0.1) is 0 Å². The maximum absolute atomic E-state index is 13.6. The van der Waals surface area contributed by atoms with Crippen LogP contribution in [0.2, 0.25) is 38.3 Å². The molecule has 0 aromatic rings. The molecular formula is C12H22F12O12S4Si4. The van der Waals surface area contributed by atoms with Gasteiger partial charge in [0.25, 0.3) is 0 Å². The molecule has 0 aliphatic carbocycles. The molecule has 0 amide bonds. The second kappa shape index (κ2) is 12.3. The Bertz CT molecular complexity index is 1290. The number of rotatable bonds is 13. The van der Waals surface area contributed by atoms with Crippen LogP contribution in [0.3, 0.4) is 0 Å². The molecule has 0 aromatic heterocycles. The van der Waals surface area contributed by atoms with Crippen LogP contribution in [-0.4, -0.2) is 86.1 Å². The van der Waals surface area contributed by atoms with Crippen molar-refractivity contribution >= 4 is 70.8 Å². The minimum absolute atomic E-state index is 0.325. The molecule has 0 saturated carbocycles. The Morgan fingerprint density at radius 3 is 0.636 bits per heavy atom. The third-order valence-corrected chi connectivity index (χ3v) is 65.3. The van der Waals surface area contributed by atoms with E-state index >= 15 is 0 Å². The molecule has 44 heavy (non-hydrogen) atoms. The van der Waals surface area contributed by atoms with Gasteiger partial charge in [0.15, 0.2) is 0 Å². The standard InChI is InChI=1S/C12H22F12O12S4Si4/c1-7-41(3,4)43(33-37(25,26)9(13,14)15,34-38(27,28)10(16,17)18)44(42(5,6)8-2,35-39(29,30)11(19,20)21)36-40(31,32)12(22,23)24/h7-8H2,1-6H3. The van der Waals surface area contributed by atoms with Gasteiger partial charge >= 0.3 is 77.7 Å². The highest BCUT2D eigenvalue weighted by atomic mass is 32.2. The number of halogens is 12. The Kier molecular flexibility index (Phi) is 12.2. The van der Waals surface area contributed by atoms with Crippen LogP contribution in [0.15, 0.2) is 0 Å². The Labute approximate surface area is 246 Å². The van der Waals surface area contributed by atoms with Gasteiger partial charge in [-0.1, -0.05) is 52.1 Å². The van der Waals surface area contributed by atoms with Crippen molar-refractivity contribution in [1.82, 2.24) is 0 Å². The summed E-state index contributed by atoms with van der Waals surface area (Å²) in [5, 5.41) is 0. The van der Waals surface area contributed by atoms with Gasteiger partial charge in [-0.25, -0.2) is 0 Å². The molecule has 0 rings (SSSR count). The SMILES string of the molecule is CC[Si](C)(C)[Si](OS(=O)(=O)C(F)(F)F)(OS(=O)(=O)C(F)(F)F)[Si](OS(=O)(=O)C(F)(F)F)(OS(=O)(=O)C(F)(F)F)[Si](C)(C)CC. The van der Waals surface area contributed by atoms with Gasteiger partial charge < -0.3 is 0 Å². The molecule has 0 heterocycles. The van der Waals surface area contributed by atoms with E-state index in [2.05, 4.69) is 15.5 Å². The molecule has 0 bridgehead atoms. The minimum Gasteiger partial charge on any atom is -0.277 e. The van der Waals surface area contributed by atoms with Crippen molar-refractivity contribution in [1.29, 1.82) is 0 Å². The minimum atomic E-state index is -7.81. The summed E-state index contributed by atoms with van der Waals surface area (Å²) >= 11 is 0. The molecule has 0 saturated heterocycles. The Morgan fingerprint density at radius 1 is 0.409 bits per heavy atom. The summed E-state index contributed by atoms with van der Waals surface area (Å²) < 4.78 is 277. The maximum atomic E-state index is 13.6. The highest BCUT2D eigenvalue weighted by Gasteiger charge is 2.86. The van der Waals surface area contributed by atoms with Gasteiger partial charge in [0, 0.05) is 0 Å². The van der Waals surface area contributed by atoms with Crippen molar-refractivity contribution in [2.75, 3.05) is 0 Å². The van der Waals surface area contributed by atoms with Gasteiger partial charge in [-0.3, -0.25) is 15.5 Å². The second-order valence-electron chi connectivity index (χ2n) is 9.64. The lowest BCUT2D eigenvalue weighted by atomic mass is 11.0. The number of hydrogen-bond donors (Lipinski definition) is 0. The lowest BCUT2D eigenvalue weighted by Gasteiger charge is -2.52. The molecule has 0 fully saturated rings. The Morgan fingerprint density at radius 2 is 0.545 bits per heavy atom. The molecule has 0 N–H and O–H groups in total. The van der Waals surface area contributed by atoms with Crippen LogP contribution in [-0.2, 0) is 56.0 Å². The van der Waals surface area contributed by atoms with Gasteiger partial charge in [0.1, 0.15) is 15.2 Å². The van der Waals surface area contributed by atoms with Crippen molar-refractivity contribution < 1.29 is 102 Å². The third kappa shape index (κ3) is 8.02. The monoisotopic (exact) mass is 826 g/mol. The van der Waals surface area contributed by atoms with Crippen LogP contribution in [0.4, 0.5) is 52.7 Å². The lowest BCUT2D eigenvalue weighted by molar-refractivity contribution is -0.0548. The third-order valence-electron chi connectivity index (χ3n) is 6.03. The fourth-order valence-electron chi connectivity index (χ4n) is 2.86. The Balaban J connectivity index is 9.39. The van der Waals surface area contributed by atoms with E-state index in [1.54, 1.807) is 0 Å². The maximum Gasteiger partial charge on any atom is 0.522 e. The topological polar surface area (TPSA) is 173 Å². The van der Waals surface area contributed by atoms with E-state index in [0.717, 1.165) is 0 Å². The average Bonchev–Trinajstić information content (AvgIpc) is 2.73. The molecule has 0 aliphatic rings. The van der Waals surface area contributed by atoms with Crippen LogP contribution < -0.4 is 0 Å². The highest BCUT2D eigenvalue weighted by molar-refractivity contribution is 8.00. The average molecular weight is 827 g/mol. The largest absolute Gasteiger partial charge is 0.522 e. The van der Waals surface area contributed by atoms with Gasteiger partial charge in [0.2, 0.25) is 0 Å². The molecule has 32 heteroatoms. The second-order valence-corrected chi connectivity index (χ2v) is 48.2. The van der Waals surface area contributed by atoms with Crippen molar-refractivity contribution in [3.8, 4) is 0 Å². The van der Waals surface area contributed by atoms with Crippen molar-refractivity contribution in [2.45, 2.75) is 74.2 Å². The predicted molar refractivity (Wildman–Crippen MR) is 132 cm³/mol. The van der Waals surface area contributed by atoms with E-state index in [4.69, 9.17) is 0 Å². The first-order valence-corrected chi connectivity index (χ1v) is 29.5. The first-order chi connectivity index (χ1) is 18.7. The predicted octanol–water partition coefficient (Wildman–Crippen LogP) is 4.03.